The van der Waals surface area contributed by atoms with Crippen molar-refractivity contribution >= 4 is 5.78 Å². The standard InChI is InChI=1S/C10H16N2O/c1-7(2)12-10-5-4-9(6-11-10)8(3)13/h4-7,10-12H,1-3H3. The van der Waals surface area contributed by atoms with Gasteiger partial charge in [0.1, 0.15) is 0 Å². The molecule has 0 spiro atoms. The summed E-state index contributed by atoms with van der Waals surface area (Å²) in [5.74, 6) is 0.0896. The van der Waals surface area contributed by atoms with E-state index >= 15 is 0 Å². The van der Waals surface area contributed by atoms with Crippen LogP contribution in [0.25, 0.3) is 0 Å². The molecule has 0 aliphatic carbocycles. The van der Waals surface area contributed by atoms with Gasteiger partial charge in [0.05, 0.1) is 6.17 Å². The third kappa shape index (κ3) is 3.03. The molecule has 1 aliphatic rings. The molecule has 0 aromatic rings. The highest BCUT2D eigenvalue weighted by molar-refractivity contribution is 5.96. The van der Waals surface area contributed by atoms with Crippen LogP contribution in [0.1, 0.15) is 20.8 Å². The van der Waals surface area contributed by atoms with E-state index in [1.165, 1.54) is 0 Å². The molecule has 1 aliphatic heterocycles. The molecule has 3 heteroatoms. The Labute approximate surface area is 78.9 Å². The minimum Gasteiger partial charge on any atom is -0.372 e. The van der Waals surface area contributed by atoms with Gasteiger partial charge >= 0.3 is 0 Å². The maximum atomic E-state index is 10.9. The second kappa shape index (κ2) is 4.23. The molecule has 0 fully saturated rings. The summed E-state index contributed by atoms with van der Waals surface area (Å²) in [6.07, 6.45) is 5.70. The Morgan fingerprint density at radius 2 is 2.31 bits per heavy atom. The minimum atomic E-state index is 0.0896. The normalized spacial score (nSPS) is 21.2. The molecule has 1 heterocycles. The van der Waals surface area contributed by atoms with Crippen molar-refractivity contribution in [3.63, 3.8) is 0 Å². The van der Waals surface area contributed by atoms with E-state index < -0.39 is 0 Å². The topological polar surface area (TPSA) is 41.1 Å². The predicted molar refractivity (Wildman–Crippen MR) is 53.1 cm³/mol. The monoisotopic (exact) mass is 180 g/mol. The lowest BCUT2D eigenvalue weighted by atomic mass is 10.1. The molecule has 2 N–H and O–H groups in total. The SMILES string of the molecule is CC(=O)C1=CNC(NC(C)C)C=C1. The first-order valence-electron chi connectivity index (χ1n) is 4.51. The smallest absolute Gasteiger partial charge is 0.161 e. The highest BCUT2D eigenvalue weighted by atomic mass is 16.1. The zero-order valence-electron chi connectivity index (χ0n) is 8.29. The van der Waals surface area contributed by atoms with Gasteiger partial charge in [-0.25, -0.2) is 0 Å². The molecule has 1 atom stereocenters. The van der Waals surface area contributed by atoms with Gasteiger partial charge in [0.2, 0.25) is 0 Å². The lowest BCUT2D eigenvalue weighted by Crippen LogP contribution is -2.43. The molecule has 3 nitrogen and oxygen atoms in total. The van der Waals surface area contributed by atoms with Gasteiger partial charge in [-0.05, 0) is 26.8 Å². The van der Waals surface area contributed by atoms with Crippen LogP contribution in [0.3, 0.4) is 0 Å². The molecule has 0 aromatic heterocycles. The second-order valence-corrected chi connectivity index (χ2v) is 3.48. The Hall–Kier alpha value is -1.09. The molecular weight excluding hydrogens is 164 g/mol. The molecule has 0 saturated carbocycles. The third-order valence-electron chi connectivity index (χ3n) is 1.81. The van der Waals surface area contributed by atoms with Gasteiger partial charge in [-0.15, -0.1) is 0 Å². The Bertz CT molecular complexity index is 254. The lowest BCUT2D eigenvalue weighted by Gasteiger charge is -2.21. The fraction of sp³-hybridized carbons (Fsp3) is 0.500. The molecule has 0 bridgehead atoms. The number of nitrogens with one attached hydrogen (secondary N) is 2. The number of hydrogen-bond acceptors (Lipinski definition) is 3. The van der Waals surface area contributed by atoms with E-state index in [0.29, 0.717) is 6.04 Å². The van der Waals surface area contributed by atoms with Gasteiger partial charge in [0.15, 0.2) is 5.78 Å². The van der Waals surface area contributed by atoms with Gasteiger partial charge in [0.25, 0.3) is 0 Å². The molecular formula is C10H16N2O. The molecule has 0 radical (unpaired) electrons. The fourth-order valence-corrected chi connectivity index (χ4v) is 1.16. The Morgan fingerprint density at radius 1 is 1.62 bits per heavy atom. The predicted octanol–water partition coefficient (Wildman–Crippen LogP) is 0.943. The summed E-state index contributed by atoms with van der Waals surface area (Å²) in [5.41, 5.74) is 0.724. The van der Waals surface area contributed by atoms with E-state index in [1.807, 2.05) is 12.2 Å². The molecule has 0 aromatic carbocycles. The number of carbonyl (C=O) groups is 1. The molecule has 0 saturated heterocycles. The lowest BCUT2D eigenvalue weighted by molar-refractivity contribution is -0.113. The van der Waals surface area contributed by atoms with E-state index in [2.05, 4.69) is 24.5 Å². The number of hydrogen-bond donors (Lipinski definition) is 2. The number of rotatable bonds is 3. The number of ketones is 1. The molecule has 13 heavy (non-hydrogen) atoms. The number of Topliss-reactive ketones (excluding diaryl/α,β-unsaturated/α-hetero) is 1. The molecule has 1 rings (SSSR count). The van der Waals surface area contributed by atoms with E-state index in [9.17, 15) is 4.79 Å². The van der Waals surface area contributed by atoms with Gasteiger partial charge < -0.3 is 5.32 Å². The van der Waals surface area contributed by atoms with E-state index in [-0.39, 0.29) is 11.9 Å². The summed E-state index contributed by atoms with van der Waals surface area (Å²) in [6, 6.07) is 0.425. The zero-order valence-corrected chi connectivity index (χ0v) is 8.29. The average molecular weight is 180 g/mol. The van der Waals surface area contributed by atoms with Crippen molar-refractivity contribution in [1.82, 2.24) is 10.6 Å². The van der Waals surface area contributed by atoms with Crippen molar-refractivity contribution in [2.75, 3.05) is 0 Å². The Kier molecular flexibility index (Phi) is 3.25. The van der Waals surface area contributed by atoms with Gasteiger partial charge in [-0.3, -0.25) is 10.1 Å². The second-order valence-electron chi connectivity index (χ2n) is 3.48. The highest BCUT2D eigenvalue weighted by Gasteiger charge is 2.09. The Balaban J connectivity index is 2.48. The maximum Gasteiger partial charge on any atom is 0.161 e. The first-order valence-corrected chi connectivity index (χ1v) is 4.51. The van der Waals surface area contributed by atoms with Crippen LogP contribution in [0.15, 0.2) is 23.9 Å². The van der Waals surface area contributed by atoms with Crippen molar-refractivity contribution in [2.45, 2.75) is 33.0 Å². The van der Waals surface area contributed by atoms with Gasteiger partial charge in [-0.2, -0.15) is 0 Å². The van der Waals surface area contributed by atoms with Crippen LogP contribution in [0.4, 0.5) is 0 Å². The summed E-state index contributed by atoms with van der Waals surface area (Å²) < 4.78 is 0. The first kappa shape index (κ1) is 9.99. The fourth-order valence-electron chi connectivity index (χ4n) is 1.16. The van der Waals surface area contributed by atoms with Crippen molar-refractivity contribution < 1.29 is 4.79 Å². The van der Waals surface area contributed by atoms with Crippen LogP contribution in [0.2, 0.25) is 0 Å². The van der Waals surface area contributed by atoms with Crippen molar-refractivity contribution in [3.05, 3.63) is 23.9 Å². The summed E-state index contributed by atoms with van der Waals surface area (Å²) >= 11 is 0. The summed E-state index contributed by atoms with van der Waals surface area (Å²) in [4.78, 5) is 10.9. The van der Waals surface area contributed by atoms with Crippen LogP contribution in [0.5, 0.6) is 0 Å². The minimum absolute atomic E-state index is 0.0896. The number of carbonyl (C=O) groups excluding carboxylic acids is 1. The van der Waals surface area contributed by atoms with E-state index in [4.69, 9.17) is 0 Å². The van der Waals surface area contributed by atoms with Crippen LogP contribution in [-0.2, 0) is 4.79 Å². The Morgan fingerprint density at radius 3 is 2.69 bits per heavy atom. The van der Waals surface area contributed by atoms with Crippen LogP contribution < -0.4 is 10.6 Å². The molecule has 0 amide bonds. The summed E-state index contributed by atoms with van der Waals surface area (Å²) in [5, 5.41) is 6.39. The summed E-state index contributed by atoms with van der Waals surface area (Å²) in [6.45, 7) is 5.73. The third-order valence-corrected chi connectivity index (χ3v) is 1.81. The summed E-state index contributed by atoms with van der Waals surface area (Å²) in [7, 11) is 0. The first-order chi connectivity index (χ1) is 6.09. The zero-order chi connectivity index (χ0) is 9.84. The quantitative estimate of drug-likeness (QED) is 0.679. The molecule has 1 unspecified atom stereocenters. The molecule has 72 valence electrons. The van der Waals surface area contributed by atoms with Crippen LogP contribution in [-0.4, -0.2) is 18.0 Å². The highest BCUT2D eigenvalue weighted by Crippen LogP contribution is 2.03. The number of allylic oxidation sites excluding steroid dienone is 2. The van der Waals surface area contributed by atoms with Crippen molar-refractivity contribution in [3.8, 4) is 0 Å². The van der Waals surface area contributed by atoms with Crippen LogP contribution in [0, 0.1) is 0 Å². The number of dihydropyridines is 1. The van der Waals surface area contributed by atoms with Crippen molar-refractivity contribution in [2.24, 2.45) is 0 Å². The van der Waals surface area contributed by atoms with E-state index in [1.54, 1.807) is 13.1 Å². The van der Waals surface area contributed by atoms with Crippen LogP contribution >= 0.6 is 0 Å². The maximum absolute atomic E-state index is 10.9. The largest absolute Gasteiger partial charge is 0.372 e. The van der Waals surface area contributed by atoms with Crippen molar-refractivity contribution in [1.29, 1.82) is 0 Å². The average Bonchev–Trinajstić information content (AvgIpc) is 2.04. The van der Waals surface area contributed by atoms with E-state index in [0.717, 1.165) is 5.57 Å². The van der Waals surface area contributed by atoms with Gasteiger partial charge in [-0.1, -0.05) is 6.08 Å². The van der Waals surface area contributed by atoms with Gasteiger partial charge in [0, 0.05) is 17.8 Å².